The Hall–Kier alpha value is -2.63. The van der Waals surface area contributed by atoms with E-state index in [9.17, 15) is 4.79 Å². The molecule has 0 aliphatic rings. The van der Waals surface area contributed by atoms with Gasteiger partial charge in [-0.1, -0.05) is 0 Å². The number of carbonyl (C=O) groups excluding carboxylic acids is 1. The van der Waals surface area contributed by atoms with E-state index in [1.807, 2.05) is 55.1 Å². The molecule has 0 radical (unpaired) electrons. The Balaban J connectivity index is 1.93. The summed E-state index contributed by atoms with van der Waals surface area (Å²) >= 11 is 0. The molecule has 2 N–H and O–H groups in total. The minimum Gasteiger partial charge on any atom is -0.493 e. The highest BCUT2D eigenvalue weighted by Gasteiger charge is 2.15. The highest BCUT2D eigenvalue weighted by Crippen LogP contribution is 2.32. The smallest absolute Gasteiger partial charge is 0.315 e. The van der Waals surface area contributed by atoms with Gasteiger partial charge in [0.05, 0.1) is 20.3 Å². The van der Waals surface area contributed by atoms with Gasteiger partial charge in [0.1, 0.15) is 0 Å². The largest absolute Gasteiger partial charge is 0.493 e. The first-order valence-corrected chi connectivity index (χ1v) is 7.92. The van der Waals surface area contributed by atoms with Crippen LogP contribution in [0.15, 0.2) is 36.7 Å². The van der Waals surface area contributed by atoms with E-state index < -0.39 is 0 Å². The molecular weight excluding hydrogens is 306 g/mol. The number of amides is 2. The summed E-state index contributed by atoms with van der Waals surface area (Å²) in [5.74, 6) is 1.34. The SMILES string of the molecule is COc1cc(C)c([C@H](C)NC(=O)NCCn2cccc2)cc1OC. The molecule has 130 valence electrons. The Bertz CT molecular complexity index is 668. The summed E-state index contributed by atoms with van der Waals surface area (Å²) in [5, 5.41) is 5.82. The lowest BCUT2D eigenvalue weighted by atomic mass is 10.0. The normalized spacial score (nSPS) is 11.7. The van der Waals surface area contributed by atoms with E-state index >= 15 is 0 Å². The average molecular weight is 331 g/mol. The fourth-order valence-electron chi connectivity index (χ4n) is 2.61. The standard InChI is InChI=1S/C18H25N3O3/c1-13-11-16(23-3)17(24-4)12-15(13)14(2)20-18(22)19-7-10-21-8-5-6-9-21/h5-6,8-9,11-12,14H,7,10H2,1-4H3,(H2,19,20,22)/t14-/m0/s1. The lowest BCUT2D eigenvalue weighted by molar-refractivity contribution is 0.237. The van der Waals surface area contributed by atoms with Gasteiger partial charge >= 0.3 is 6.03 Å². The van der Waals surface area contributed by atoms with Crippen LogP contribution >= 0.6 is 0 Å². The van der Waals surface area contributed by atoms with Crippen molar-refractivity contribution >= 4 is 6.03 Å². The molecule has 0 bridgehead atoms. The van der Waals surface area contributed by atoms with Crippen molar-refractivity contribution in [2.45, 2.75) is 26.4 Å². The molecule has 0 spiro atoms. The summed E-state index contributed by atoms with van der Waals surface area (Å²) in [6.45, 7) is 5.24. The molecule has 0 saturated heterocycles. The number of methoxy groups -OCH3 is 2. The van der Waals surface area contributed by atoms with Crippen LogP contribution in [0, 0.1) is 6.92 Å². The van der Waals surface area contributed by atoms with Crippen molar-refractivity contribution in [3.63, 3.8) is 0 Å². The molecule has 6 nitrogen and oxygen atoms in total. The van der Waals surface area contributed by atoms with Crippen molar-refractivity contribution in [3.8, 4) is 11.5 Å². The number of carbonyl (C=O) groups is 1. The van der Waals surface area contributed by atoms with Gasteiger partial charge in [-0.05, 0) is 49.2 Å². The van der Waals surface area contributed by atoms with Crippen molar-refractivity contribution < 1.29 is 14.3 Å². The van der Waals surface area contributed by atoms with E-state index in [-0.39, 0.29) is 12.1 Å². The monoisotopic (exact) mass is 331 g/mol. The van der Waals surface area contributed by atoms with Crippen LogP contribution in [-0.2, 0) is 6.54 Å². The van der Waals surface area contributed by atoms with Crippen molar-refractivity contribution in [3.05, 3.63) is 47.8 Å². The van der Waals surface area contributed by atoms with Crippen LogP contribution < -0.4 is 20.1 Å². The number of hydrogen-bond donors (Lipinski definition) is 2. The maximum atomic E-state index is 12.1. The van der Waals surface area contributed by atoms with Crippen LogP contribution in [0.3, 0.4) is 0 Å². The molecule has 2 amide bonds. The summed E-state index contributed by atoms with van der Waals surface area (Å²) in [4.78, 5) is 12.1. The summed E-state index contributed by atoms with van der Waals surface area (Å²) < 4.78 is 12.6. The minimum absolute atomic E-state index is 0.142. The van der Waals surface area contributed by atoms with E-state index in [0.29, 0.717) is 18.0 Å². The number of nitrogens with one attached hydrogen (secondary N) is 2. The highest BCUT2D eigenvalue weighted by molar-refractivity contribution is 5.74. The van der Waals surface area contributed by atoms with E-state index in [1.54, 1.807) is 14.2 Å². The fourth-order valence-corrected chi connectivity index (χ4v) is 2.61. The second-order valence-electron chi connectivity index (χ2n) is 5.61. The molecular formula is C18H25N3O3. The maximum absolute atomic E-state index is 12.1. The van der Waals surface area contributed by atoms with Crippen molar-refractivity contribution in [1.82, 2.24) is 15.2 Å². The molecule has 1 aromatic carbocycles. The number of ether oxygens (including phenoxy) is 2. The number of aryl methyl sites for hydroxylation is 1. The molecule has 2 rings (SSSR count). The number of nitrogens with zero attached hydrogens (tertiary/aromatic N) is 1. The van der Waals surface area contributed by atoms with Crippen molar-refractivity contribution in [2.24, 2.45) is 0 Å². The summed E-state index contributed by atoms with van der Waals surface area (Å²) in [7, 11) is 3.21. The van der Waals surface area contributed by atoms with Crippen LogP contribution in [-0.4, -0.2) is 31.4 Å². The van der Waals surface area contributed by atoms with Gasteiger partial charge in [-0.2, -0.15) is 0 Å². The average Bonchev–Trinajstić information content (AvgIpc) is 3.07. The molecule has 1 aromatic heterocycles. The molecule has 0 unspecified atom stereocenters. The second kappa shape index (κ2) is 8.29. The third-order valence-electron chi connectivity index (χ3n) is 3.91. The Morgan fingerprint density at radius 2 is 1.79 bits per heavy atom. The van der Waals surface area contributed by atoms with Gasteiger partial charge < -0.3 is 24.7 Å². The molecule has 1 heterocycles. The van der Waals surface area contributed by atoms with Gasteiger partial charge in [0.15, 0.2) is 11.5 Å². The second-order valence-corrected chi connectivity index (χ2v) is 5.61. The van der Waals surface area contributed by atoms with Crippen molar-refractivity contribution in [2.75, 3.05) is 20.8 Å². The zero-order chi connectivity index (χ0) is 17.5. The van der Waals surface area contributed by atoms with Crippen LogP contribution in [0.5, 0.6) is 11.5 Å². The minimum atomic E-state index is -0.191. The van der Waals surface area contributed by atoms with Crippen LogP contribution in [0.4, 0.5) is 4.79 Å². The first-order chi connectivity index (χ1) is 11.5. The number of hydrogen-bond acceptors (Lipinski definition) is 3. The van der Waals surface area contributed by atoms with E-state index in [1.165, 1.54) is 0 Å². The predicted molar refractivity (Wildman–Crippen MR) is 93.7 cm³/mol. The zero-order valence-corrected chi connectivity index (χ0v) is 14.6. The number of urea groups is 1. The Labute approximate surface area is 142 Å². The van der Waals surface area contributed by atoms with Gasteiger partial charge in [0, 0.05) is 25.5 Å². The van der Waals surface area contributed by atoms with Gasteiger partial charge in [-0.15, -0.1) is 0 Å². The number of rotatable bonds is 7. The molecule has 24 heavy (non-hydrogen) atoms. The third-order valence-corrected chi connectivity index (χ3v) is 3.91. The number of aromatic nitrogens is 1. The van der Waals surface area contributed by atoms with Crippen molar-refractivity contribution in [1.29, 1.82) is 0 Å². The molecule has 1 atom stereocenters. The summed E-state index contributed by atoms with van der Waals surface area (Å²) in [5.41, 5.74) is 2.03. The zero-order valence-electron chi connectivity index (χ0n) is 14.6. The Morgan fingerprint density at radius 1 is 1.17 bits per heavy atom. The summed E-state index contributed by atoms with van der Waals surface area (Å²) in [6, 6.07) is 7.40. The molecule has 0 aliphatic carbocycles. The van der Waals surface area contributed by atoms with Crippen LogP contribution in [0.2, 0.25) is 0 Å². The van der Waals surface area contributed by atoms with Gasteiger partial charge in [0.25, 0.3) is 0 Å². The van der Waals surface area contributed by atoms with E-state index in [2.05, 4.69) is 10.6 Å². The predicted octanol–water partition coefficient (Wildman–Crippen LogP) is 2.87. The highest BCUT2D eigenvalue weighted by atomic mass is 16.5. The first kappa shape index (κ1) is 17.7. The molecule has 2 aromatic rings. The third kappa shape index (κ3) is 4.44. The lowest BCUT2D eigenvalue weighted by Crippen LogP contribution is -2.38. The van der Waals surface area contributed by atoms with Crippen LogP contribution in [0.1, 0.15) is 24.1 Å². The van der Waals surface area contributed by atoms with E-state index in [4.69, 9.17) is 9.47 Å². The molecule has 0 saturated carbocycles. The van der Waals surface area contributed by atoms with Gasteiger partial charge in [-0.3, -0.25) is 0 Å². The summed E-state index contributed by atoms with van der Waals surface area (Å²) in [6.07, 6.45) is 3.93. The molecule has 6 heteroatoms. The van der Waals surface area contributed by atoms with Gasteiger partial charge in [0.2, 0.25) is 0 Å². The number of benzene rings is 1. The quantitative estimate of drug-likeness (QED) is 0.820. The molecule has 0 aliphatic heterocycles. The Morgan fingerprint density at radius 3 is 2.42 bits per heavy atom. The molecule has 0 fully saturated rings. The lowest BCUT2D eigenvalue weighted by Gasteiger charge is -2.19. The fraction of sp³-hybridized carbons (Fsp3) is 0.389. The Kier molecular flexibility index (Phi) is 6.12. The van der Waals surface area contributed by atoms with Gasteiger partial charge in [-0.25, -0.2) is 4.79 Å². The topological polar surface area (TPSA) is 64.5 Å². The first-order valence-electron chi connectivity index (χ1n) is 7.92. The van der Waals surface area contributed by atoms with Crippen LogP contribution in [0.25, 0.3) is 0 Å². The maximum Gasteiger partial charge on any atom is 0.315 e. The van der Waals surface area contributed by atoms with E-state index in [0.717, 1.165) is 17.7 Å².